The van der Waals surface area contributed by atoms with Gasteiger partial charge in [-0.2, -0.15) is 5.26 Å². The quantitative estimate of drug-likeness (QED) is 0.590. The van der Waals surface area contributed by atoms with Gasteiger partial charge in [-0.3, -0.25) is 0 Å². The summed E-state index contributed by atoms with van der Waals surface area (Å²) in [4.78, 5) is 0. The fourth-order valence-corrected chi connectivity index (χ4v) is 4.21. The summed E-state index contributed by atoms with van der Waals surface area (Å²) in [5.41, 5.74) is 3.28. The molecule has 1 heterocycles. The number of rotatable bonds is 7. The monoisotopic (exact) mass is 382 g/mol. The van der Waals surface area contributed by atoms with Crippen LogP contribution in [0.15, 0.2) is 52.9 Å². The van der Waals surface area contributed by atoms with Gasteiger partial charge in [0, 0.05) is 5.69 Å². The predicted octanol–water partition coefficient (Wildman–Crippen LogP) is 4.83. The minimum Gasteiger partial charge on any atom is -0.497 e. The summed E-state index contributed by atoms with van der Waals surface area (Å²) in [7, 11) is 1.64. The standard InChI is InChI=1S/C19H18N4OS2/c1-13-3-5-14(6-4-13)11-17(12-20)25-19-23-22-18(26-19)21-15-7-9-16(24-2)10-8-15/h3-10,17H,11H2,1-2H3,(H,21,22)/t17-/m1/s1. The van der Waals surface area contributed by atoms with Crippen molar-refractivity contribution < 1.29 is 4.74 Å². The van der Waals surface area contributed by atoms with Crippen molar-refractivity contribution in [2.45, 2.75) is 22.9 Å². The Morgan fingerprint density at radius 3 is 2.54 bits per heavy atom. The van der Waals surface area contributed by atoms with Gasteiger partial charge in [0.05, 0.1) is 13.2 Å². The number of ether oxygens (including phenoxy) is 1. The normalized spacial score (nSPS) is 11.6. The second-order valence-electron chi connectivity index (χ2n) is 5.65. The second-order valence-corrected chi connectivity index (χ2v) is 8.08. The maximum Gasteiger partial charge on any atom is 0.210 e. The molecule has 0 amide bonds. The van der Waals surface area contributed by atoms with Crippen LogP contribution < -0.4 is 10.1 Å². The summed E-state index contributed by atoms with van der Waals surface area (Å²) in [6.07, 6.45) is 0.683. The maximum absolute atomic E-state index is 9.45. The molecule has 3 rings (SSSR count). The fourth-order valence-electron chi connectivity index (χ4n) is 2.28. The molecule has 0 aliphatic carbocycles. The Kier molecular flexibility index (Phi) is 6.10. The lowest BCUT2D eigenvalue weighted by Crippen LogP contribution is -2.03. The molecule has 7 heteroatoms. The Morgan fingerprint density at radius 1 is 1.15 bits per heavy atom. The van der Waals surface area contributed by atoms with E-state index in [4.69, 9.17) is 4.74 Å². The summed E-state index contributed by atoms with van der Waals surface area (Å²) in [5, 5.41) is 21.5. The molecule has 0 aliphatic heterocycles. The lowest BCUT2D eigenvalue weighted by Gasteiger charge is -2.06. The minimum absolute atomic E-state index is 0.195. The van der Waals surface area contributed by atoms with E-state index < -0.39 is 0 Å². The molecule has 1 aromatic heterocycles. The number of thioether (sulfide) groups is 1. The van der Waals surface area contributed by atoms with Crippen LogP contribution in [0.25, 0.3) is 0 Å². The molecule has 132 valence electrons. The average molecular weight is 383 g/mol. The van der Waals surface area contributed by atoms with Crippen LogP contribution in [0.1, 0.15) is 11.1 Å². The highest BCUT2D eigenvalue weighted by Crippen LogP contribution is 2.31. The summed E-state index contributed by atoms with van der Waals surface area (Å²) in [6, 6.07) is 18.2. The Bertz CT molecular complexity index is 885. The van der Waals surface area contributed by atoms with E-state index in [1.54, 1.807) is 7.11 Å². The highest BCUT2D eigenvalue weighted by molar-refractivity contribution is 8.01. The highest BCUT2D eigenvalue weighted by atomic mass is 32.2. The Balaban J connectivity index is 1.60. The molecule has 5 nitrogen and oxygen atoms in total. The number of aryl methyl sites for hydroxylation is 1. The number of nitrogens with one attached hydrogen (secondary N) is 1. The smallest absolute Gasteiger partial charge is 0.210 e. The van der Waals surface area contributed by atoms with Crippen molar-refractivity contribution in [3.05, 3.63) is 59.7 Å². The van der Waals surface area contributed by atoms with Gasteiger partial charge in [0.2, 0.25) is 5.13 Å². The number of benzene rings is 2. The zero-order chi connectivity index (χ0) is 18.4. The van der Waals surface area contributed by atoms with Crippen molar-refractivity contribution in [1.29, 1.82) is 5.26 Å². The molecule has 2 aromatic carbocycles. The van der Waals surface area contributed by atoms with Crippen LogP contribution in [0.2, 0.25) is 0 Å². The average Bonchev–Trinajstić information content (AvgIpc) is 3.10. The molecular formula is C19H18N4OS2. The third kappa shape index (κ3) is 4.97. The molecule has 0 fully saturated rings. The topological polar surface area (TPSA) is 70.8 Å². The van der Waals surface area contributed by atoms with Gasteiger partial charge in [-0.05, 0) is 43.2 Å². The molecule has 0 aliphatic rings. The molecule has 1 atom stereocenters. The molecule has 0 radical (unpaired) electrons. The first-order valence-corrected chi connectivity index (χ1v) is 9.72. The first-order valence-electron chi connectivity index (χ1n) is 8.02. The molecular weight excluding hydrogens is 364 g/mol. The molecule has 0 saturated heterocycles. The largest absolute Gasteiger partial charge is 0.497 e. The van der Waals surface area contributed by atoms with Crippen LogP contribution in [0, 0.1) is 18.3 Å². The molecule has 0 bridgehead atoms. The summed E-state index contributed by atoms with van der Waals surface area (Å²) in [5.74, 6) is 0.803. The van der Waals surface area contributed by atoms with Gasteiger partial charge in [0.25, 0.3) is 0 Å². The van der Waals surface area contributed by atoms with E-state index in [1.165, 1.54) is 28.7 Å². The number of aromatic nitrogens is 2. The molecule has 26 heavy (non-hydrogen) atoms. The Morgan fingerprint density at radius 2 is 1.88 bits per heavy atom. The molecule has 0 spiro atoms. The number of hydrogen-bond acceptors (Lipinski definition) is 7. The van der Waals surface area contributed by atoms with Gasteiger partial charge < -0.3 is 10.1 Å². The zero-order valence-electron chi connectivity index (χ0n) is 14.5. The van der Waals surface area contributed by atoms with Gasteiger partial charge in [-0.15, -0.1) is 10.2 Å². The summed E-state index contributed by atoms with van der Waals surface area (Å²) < 4.78 is 5.93. The van der Waals surface area contributed by atoms with Gasteiger partial charge >= 0.3 is 0 Å². The third-order valence-corrected chi connectivity index (χ3v) is 5.69. The number of nitrogens with zero attached hydrogens (tertiary/aromatic N) is 3. The van der Waals surface area contributed by atoms with Gasteiger partial charge in [-0.25, -0.2) is 0 Å². The van der Waals surface area contributed by atoms with Gasteiger partial charge in [-0.1, -0.05) is 52.9 Å². The zero-order valence-corrected chi connectivity index (χ0v) is 16.1. The van der Waals surface area contributed by atoms with E-state index in [0.717, 1.165) is 21.3 Å². The van der Waals surface area contributed by atoms with Gasteiger partial charge in [0.1, 0.15) is 11.0 Å². The number of nitriles is 1. The SMILES string of the molecule is COc1ccc(Nc2nnc(S[C@@H](C#N)Cc3ccc(C)cc3)s2)cc1. The van der Waals surface area contributed by atoms with Crippen LogP contribution in [-0.2, 0) is 6.42 Å². The predicted molar refractivity (Wildman–Crippen MR) is 106 cm³/mol. The molecule has 0 saturated carbocycles. The van der Waals surface area contributed by atoms with E-state index in [-0.39, 0.29) is 5.25 Å². The van der Waals surface area contributed by atoms with E-state index in [1.807, 2.05) is 24.3 Å². The Hall–Kier alpha value is -2.56. The third-order valence-electron chi connectivity index (χ3n) is 3.68. The first kappa shape index (κ1) is 18.2. The maximum atomic E-state index is 9.45. The van der Waals surface area contributed by atoms with Crippen molar-refractivity contribution >= 4 is 33.9 Å². The second kappa shape index (κ2) is 8.70. The fraction of sp³-hybridized carbons (Fsp3) is 0.211. The van der Waals surface area contributed by atoms with Crippen LogP contribution in [0.4, 0.5) is 10.8 Å². The minimum atomic E-state index is -0.195. The summed E-state index contributed by atoms with van der Waals surface area (Å²) in [6.45, 7) is 2.05. The van der Waals surface area contributed by atoms with Crippen LogP contribution >= 0.6 is 23.1 Å². The van der Waals surface area contributed by atoms with E-state index >= 15 is 0 Å². The van der Waals surface area contributed by atoms with Crippen molar-refractivity contribution in [2.75, 3.05) is 12.4 Å². The van der Waals surface area contributed by atoms with E-state index in [2.05, 4.69) is 52.8 Å². The van der Waals surface area contributed by atoms with Gasteiger partial charge in [0.15, 0.2) is 4.34 Å². The highest BCUT2D eigenvalue weighted by Gasteiger charge is 2.14. The molecule has 3 aromatic rings. The van der Waals surface area contributed by atoms with Crippen molar-refractivity contribution in [2.24, 2.45) is 0 Å². The molecule has 0 unspecified atom stereocenters. The summed E-state index contributed by atoms with van der Waals surface area (Å²) >= 11 is 2.89. The van der Waals surface area contributed by atoms with Crippen molar-refractivity contribution in [3.8, 4) is 11.8 Å². The van der Waals surface area contributed by atoms with Crippen LogP contribution in [0.3, 0.4) is 0 Å². The van der Waals surface area contributed by atoms with E-state index in [0.29, 0.717) is 11.6 Å². The number of methoxy groups -OCH3 is 1. The van der Waals surface area contributed by atoms with Crippen molar-refractivity contribution in [1.82, 2.24) is 10.2 Å². The van der Waals surface area contributed by atoms with E-state index in [9.17, 15) is 5.26 Å². The Labute approximate surface area is 161 Å². The number of anilines is 2. The lowest BCUT2D eigenvalue weighted by atomic mass is 10.1. The van der Waals surface area contributed by atoms with Crippen molar-refractivity contribution in [3.63, 3.8) is 0 Å². The first-order chi connectivity index (χ1) is 12.7. The number of hydrogen-bond donors (Lipinski definition) is 1. The van der Waals surface area contributed by atoms with Crippen LogP contribution in [0.5, 0.6) is 5.75 Å². The lowest BCUT2D eigenvalue weighted by molar-refractivity contribution is 0.415. The van der Waals surface area contributed by atoms with Crippen LogP contribution in [-0.4, -0.2) is 22.6 Å². The molecule has 1 N–H and O–H groups in total.